The topological polar surface area (TPSA) is 62.5 Å². The predicted molar refractivity (Wildman–Crippen MR) is 93.7 cm³/mol. The molecule has 4 rings (SSSR count). The lowest BCUT2D eigenvalue weighted by atomic mass is 10.3. The molecule has 3 aromatic rings. The first-order chi connectivity index (χ1) is 11.6. The average Bonchev–Trinajstić information content (AvgIpc) is 2.89. The minimum Gasteiger partial charge on any atom is -0.353 e. The quantitative estimate of drug-likeness (QED) is 0.716. The summed E-state index contributed by atoms with van der Waals surface area (Å²) in [5.74, 6) is 2.01. The van der Waals surface area contributed by atoms with Crippen LogP contribution in [0.3, 0.4) is 0 Å². The summed E-state index contributed by atoms with van der Waals surface area (Å²) in [6.45, 7) is 9.78. The number of aryl methyl sites for hydroxylation is 3. The van der Waals surface area contributed by atoms with Crippen LogP contribution in [0.1, 0.15) is 17.1 Å². The molecule has 1 saturated heterocycles. The van der Waals surface area contributed by atoms with E-state index in [0.29, 0.717) is 0 Å². The zero-order valence-corrected chi connectivity index (χ0v) is 14.3. The molecular weight excluding hydrogens is 302 g/mol. The second-order valence-electron chi connectivity index (χ2n) is 6.24. The number of piperazine rings is 1. The van der Waals surface area contributed by atoms with Crippen LogP contribution in [-0.4, -0.2) is 50.7 Å². The van der Waals surface area contributed by atoms with Gasteiger partial charge in [0.1, 0.15) is 18.0 Å². The van der Waals surface area contributed by atoms with Crippen LogP contribution in [-0.2, 0) is 0 Å². The van der Waals surface area contributed by atoms with Gasteiger partial charge in [-0.1, -0.05) is 0 Å². The maximum Gasteiger partial charge on any atom is 0.154 e. The maximum atomic E-state index is 4.77. The van der Waals surface area contributed by atoms with E-state index >= 15 is 0 Å². The molecule has 24 heavy (non-hydrogen) atoms. The monoisotopic (exact) mass is 323 g/mol. The maximum absolute atomic E-state index is 4.77. The highest BCUT2D eigenvalue weighted by Gasteiger charge is 2.20. The lowest BCUT2D eigenvalue weighted by molar-refractivity contribution is 0.634. The molecule has 3 aromatic heterocycles. The number of imidazole rings is 1. The highest BCUT2D eigenvalue weighted by Crippen LogP contribution is 2.19. The van der Waals surface area contributed by atoms with E-state index in [1.54, 1.807) is 6.33 Å². The van der Waals surface area contributed by atoms with E-state index in [0.717, 1.165) is 60.5 Å². The first-order valence-corrected chi connectivity index (χ1v) is 8.23. The molecule has 7 heteroatoms. The average molecular weight is 323 g/mol. The number of anilines is 2. The molecule has 1 aliphatic rings. The third kappa shape index (κ3) is 2.55. The smallest absolute Gasteiger partial charge is 0.154 e. The van der Waals surface area contributed by atoms with Gasteiger partial charge in [-0.25, -0.2) is 19.5 Å². The lowest BCUT2D eigenvalue weighted by Crippen LogP contribution is -2.47. The Hall–Kier alpha value is -2.70. The second-order valence-corrected chi connectivity index (χ2v) is 6.24. The fraction of sp³-hybridized carbons (Fsp3) is 0.412. The van der Waals surface area contributed by atoms with E-state index in [1.807, 2.05) is 30.5 Å². The van der Waals surface area contributed by atoms with Crippen molar-refractivity contribution < 1.29 is 0 Å². The number of nitrogens with zero attached hydrogens (tertiary/aromatic N) is 7. The van der Waals surface area contributed by atoms with Crippen molar-refractivity contribution in [1.82, 2.24) is 24.6 Å². The molecule has 0 aliphatic carbocycles. The molecule has 0 N–H and O–H groups in total. The number of hydrogen-bond donors (Lipinski definition) is 0. The van der Waals surface area contributed by atoms with Crippen molar-refractivity contribution in [2.24, 2.45) is 0 Å². The van der Waals surface area contributed by atoms with Gasteiger partial charge in [0, 0.05) is 37.9 Å². The van der Waals surface area contributed by atoms with Crippen molar-refractivity contribution in [2.75, 3.05) is 36.0 Å². The standard InChI is InChI=1S/C17H21N7/c1-12-10-17(19-11-18-12)23-8-6-22(7-9-23)16-5-4-15-20-13(2)14(3)24(15)21-16/h4-5,10-11H,6-9H2,1-3H3. The van der Waals surface area contributed by atoms with Crippen LogP contribution in [0, 0.1) is 20.8 Å². The Kier molecular flexibility index (Phi) is 3.55. The summed E-state index contributed by atoms with van der Waals surface area (Å²) in [4.78, 5) is 17.7. The Morgan fingerprint density at radius 1 is 0.875 bits per heavy atom. The SMILES string of the molecule is Cc1cc(N2CCN(c3ccc4nc(C)c(C)n4n3)CC2)ncn1. The van der Waals surface area contributed by atoms with E-state index in [-0.39, 0.29) is 0 Å². The summed E-state index contributed by atoms with van der Waals surface area (Å²) < 4.78 is 1.94. The molecule has 4 heterocycles. The number of fused-ring (bicyclic) bond motifs is 1. The van der Waals surface area contributed by atoms with Gasteiger partial charge < -0.3 is 9.80 Å². The zero-order valence-electron chi connectivity index (χ0n) is 14.3. The van der Waals surface area contributed by atoms with Crippen LogP contribution in [0.2, 0.25) is 0 Å². The van der Waals surface area contributed by atoms with Crippen LogP contribution in [0.4, 0.5) is 11.6 Å². The molecule has 124 valence electrons. The van der Waals surface area contributed by atoms with Crippen molar-refractivity contribution in [1.29, 1.82) is 0 Å². The van der Waals surface area contributed by atoms with Gasteiger partial charge in [0.25, 0.3) is 0 Å². The van der Waals surface area contributed by atoms with Crippen LogP contribution in [0.15, 0.2) is 24.5 Å². The molecule has 0 spiro atoms. The number of rotatable bonds is 2. The molecule has 0 atom stereocenters. The highest BCUT2D eigenvalue weighted by molar-refractivity contribution is 5.50. The normalized spacial score (nSPS) is 15.3. The molecule has 0 radical (unpaired) electrons. The number of aromatic nitrogens is 5. The molecule has 1 fully saturated rings. The minimum absolute atomic E-state index is 0.906. The van der Waals surface area contributed by atoms with Gasteiger partial charge in [0.15, 0.2) is 5.65 Å². The van der Waals surface area contributed by atoms with Crippen molar-refractivity contribution in [3.63, 3.8) is 0 Å². The zero-order chi connectivity index (χ0) is 16.7. The van der Waals surface area contributed by atoms with Gasteiger partial charge in [-0.15, -0.1) is 5.10 Å². The second kappa shape index (κ2) is 5.74. The highest BCUT2D eigenvalue weighted by atomic mass is 15.4. The van der Waals surface area contributed by atoms with Gasteiger partial charge in [0.2, 0.25) is 0 Å². The van der Waals surface area contributed by atoms with Crippen molar-refractivity contribution in [3.05, 3.63) is 41.6 Å². The van der Waals surface area contributed by atoms with E-state index < -0.39 is 0 Å². The van der Waals surface area contributed by atoms with Crippen LogP contribution >= 0.6 is 0 Å². The summed E-state index contributed by atoms with van der Waals surface area (Å²) in [7, 11) is 0. The van der Waals surface area contributed by atoms with Crippen molar-refractivity contribution in [3.8, 4) is 0 Å². The molecule has 0 amide bonds. The Morgan fingerprint density at radius 2 is 1.58 bits per heavy atom. The molecule has 1 aliphatic heterocycles. The Labute approximate surface area is 141 Å². The van der Waals surface area contributed by atoms with Crippen LogP contribution in [0.25, 0.3) is 5.65 Å². The van der Waals surface area contributed by atoms with E-state index in [9.17, 15) is 0 Å². The number of hydrogen-bond acceptors (Lipinski definition) is 6. The molecule has 0 unspecified atom stereocenters. The van der Waals surface area contributed by atoms with Crippen molar-refractivity contribution in [2.45, 2.75) is 20.8 Å². The summed E-state index contributed by atoms with van der Waals surface area (Å²) in [6.07, 6.45) is 1.64. The Morgan fingerprint density at radius 3 is 2.29 bits per heavy atom. The van der Waals surface area contributed by atoms with Gasteiger partial charge in [-0.05, 0) is 32.9 Å². The van der Waals surface area contributed by atoms with E-state index in [2.05, 4.69) is 37.7 Å². The van der Waals surface area contributed by atoms with Crippen LogP contribution in [0.5, 0.6) is 0 Å². The summed E-state index contributed by atoms with van der Waals surface area (Å²) in [5.41, 5.74) is 4.04. The third-order valence-corrected chi connectivity index (χ3v) is 4.64. The lowest BCUT2D eigenvalue weighted by Gasteiger charge is -2.35. The van der Waals surface area contributed by atoms with Gasteiger partial charge in [-0.2, -0.15) is 0 Å². The van der Waals surface area contributed by atoms with Gasteiger partial charge in [-0.3, -0.25) is 0 Å². The predicted octanol–water partition coefficient (Wildman–Crippen LogP) is 1.77. The fourth-order valence-corrected chi connectivity index (χ4v) is 3.09. The summed E-state index contributed by atoms with van der Waals surface area (Å²) in [6, 6.07) is 6.14. The molecule has 0 bridgehead atoms. The summed E-state index contributed by atoms with van der Waals surface area (Å²) in [5, 5.41) is 4.77. The minimum atomic E-state index is 0.906. The largest absolute Gasteiger partial charge is 0.353 e. The molecule has 7 nitrogen and oxygen atoms in total. The van der Waals surface area contributed by atoms with Crippen molar-refractivity contribution >= 4 is 17.3 Å². The third-order valence-electron chi connectivity index (χ3n) is 4.64. The fourth-order valence-electron chi connectivity index (χ4n) is 3.09. The first-order valence-electron chi connectivity index (χ1n) is 8.23. The molecule has 0 saturated carbocycles. The van der Waals surface area contributed by atoms with Crippen LogP contribution < -0.4 is 9.80 Å². The van der Waals surface area contributed by atoms with Gasteiger partial charge in [0.05, 0.1) is 11.4 Å². The Bertz CT molecular complexity index is 878. The first kappa shape index (κ1) is 14.9. The molecule has 0 aromatic carbocycles. The van der Waals surface area contributed by atoms with E-state index in [4.69, 9.17) is 5.10 Å². The van der Waals surface area contributed by atoms with E-state index in [1.165, 1.54) is 0 Å². The Balaban J connectivity index is 1.52. The summed E-state index contributed by atoms with van der Waals surface area (Å²) >= 11 is 0. The molecular formula is C17H21N7. The van der Waals surface area contributed by atoms with Gasteiger partial charge >= 0.3 is 0 Å².